The fourth-order valence-corrected chi connectivity index (χ4v) is 2.98. The van der Waals surface area contributed by atoms with Crippen molar-refractivity contribution in [3.05, 3.63) is 68.7 Å². The van der Waals surface area contributed by atoms with Gasteiger partial charge in [-0.25, -0.2) is 0 Å². The maximum atomic E-state index is 10.6. The number of hydrogen-bond donors (Lipinski definition) is 1. The topological polar surface area (TPSA) is 20.2 Å². The molecular formula is C16H17BrO. The predicted molar refractivity (Wildman–Crippen MR) is 78.9 cm³/mol. The first kappa shape index (κ1) is 13.3. The fourth-order valence-electron chi connectivity index (χ4n) is 2.47. The van der Waals surface area contributed by atoms with Gasteiger partial charge < -0.3 is 5.11 Å². The van der Waals surface area contributed by atoms with E-state index < -0.39 is 6.10 Å². The van der Waals surface area contributed by atoms with Crippen LogP contribution in [-0.4, -0.2) is 5.11 Å². The average molecular weight is 305 g/mol. The van der Waals surface area contributed by atoms with Crippen molar-refractivity contribution in [3.8, 4) is 0 Å². The quantitative estimate of drug-likeness (QED) is 0.868. The van der Waals surface area contributed by atoms with Crippen LogP contribution in [0.1, 0.15) is 33.9 Å². The molecule has 94 valence electrons. The molecule has 1 unspecified atom stereocenters. The summed E-state index contributed by atoms with van der Waals surface area (Å²) in [6, 6.07) is 12.0. The van der Waals surface area contributed by atoms with Gasteiger partial charge in [-0.15, -0.1) is 0 Å². The zero-order valence-electron chi connectivity index (χ0n) is 10.9. The van der Waals surface area contributed by atoms with Crippen molar-refractivity contribution in [1.82, 2.24) is 0 Å². The van der Waals surface area contributed by atoms with Crippen molar-refractivity contribution in [2.45, 2.75) is 26.9 Å². The molecule has 1 nitrogen and oxygen atoms in total. The molecule has 0 aromatic heterocycles. The summed E-state index contributed by atoms with van der Waals surface area (Å²) in [4.78, 5) is 0. The van der Waals surface area contributed by atoms with Gasteiger partial charge in [0.05, 0.1) is 0 Å². The highest BCUT2D eigenvalue weighted by molar-refractivity contribution is 9.10. The van der Waals surface area contributed by atoms with Gasteiger partial charge in [-0.3, -0.25) is 0 Å². The number of hydrogen-bond acceptors (Lipinski definition) is 1. The lowest BCUT2D eigenvalue weighted by Gasteiger charge is -2.19. The third kappa shape index (κ3) is 2.50. The Bertz CT molecular complexity index is 552. The van der Waals surface area contributed by atoms with E-state index >= 15 is 0 Å². The van der Waals surface area contributed by atoms with Crippen molar-refractivity contribution in [2.24, 2.45) is 0 Å². The van der Waals surface area contributed by atoms with Gasteiger partial charge in [0.25, 0.3) is 0 Å². The van der Waals surface area contributed by atoms with Gasteiger partial charge in [0.1, 0.15) is 6.10 Å². The van der Waals surface area contributed by atoms with Crippen LogP contribution >= 0.6 is 15.9 Å². The first-order valence-corrected chi connectivity index (χ1v) is 6.80. The van der Waals surface area contributed by atoms with Crippen molar-refractivity contribution in [3.63, 3.8) is 0 Å². The first-order chi connectivity index (χ1) is 8.50. The van der Waals surface area contributed by atoms with Crippen LogP contribution in [-0.2, 0) is 0 Å². The van der Waals surface area contributed by atoms with Crippen molar-refractivity contribution >= 4 is 15.9 Å². The van der Waals surface area contributed by atoms with Crippen LogP contribution in [0.2, 0.25) is 0 Å². The summed E-state index contributed by atoms with van der Waals surface area (Å²) in [5.41, 5.74) is 5.42. The smallest absolute Gasteiger partial charge is 0.106 e. The maximum absolute atomic E-state index is 10.6. The van der Waals surface area contributed by atoms with Crippen molar-refractivity contribution < 1.29 is 5.11 Å². The maximum Gasteiger partial charge on any atom is 0.106 e. The molecule has 2 rings (SSSR count). The van der Waals surface area contributed by atoms with Crippen molar-refractivity contribution in [2.75, 3.05) is 0 Å². The highest BCUT2D eigenvalue weighted by Gasteiger charge is 2.17. The van der Waals surface area contributed by atoms with Crippen molar-refractivity contribution in [1.29, 1.82) is 0 Å². The van der Waals surface area contributed by atoms with E-state index in [4.69, 9.17) is 0 Å². The van der Waals surface area contributed by atoms with Crippen LogP contribution in [0.3, 0.4) is 0 Å². The molecule has 1 atom stereocenters. The zero-order valence-corrected chi connectivity index (χ0v) is 12.5. The van der Waals surface area contributed by atoms with E-state index in [1.54, 1.807) is 0 Å². The van der Waals surface area contributed by atoms with E-state index in [0.717, 1.165) is 26.7 Å². The number of rotatable bonds is 2. The summed E-state index contributed by atoms with van der Waals surface area (Å²) in [5.74, 6) is 0. The molecule has 2 aromatic rings. The molecule has 2 aromatic carbocycles. The SMILES string of the molecule is Cc1cc(C)c(C(O)c2ccccc2Br)c(C)c1. The Labute approximate surface area is 117 Å². The minimum Gasteiger partial charge on any atom is -0.384 e. The highest BCUT2D eigenvalue weighted by atomic mass is 79.9. The van der Waals surface area contributed by atoms with Gasteiger partial charge in [0.15, 0.2) is 0 Å². The van der Waals surface area contributed by atoms with Crippen LogP contribution in [0.15, 0.2) is 40.9 Å². The molecule has 0 aliphatic rings. The molecule has 0 radical (unpaired) electrons. The summed E-state index contributed by atoms with van der Waals surface area (Å²) in [6.45, 7) is 6.18. The monoisotopic (exact) mass is 304 g/mol. The third-order valence-corrected chi connectivity index (χ3v) is 3.93. The lowest BCUT2D eigenvalue weighted by Crippen LogP contribution is -2.05. The van der Waals surface area contributed by atoms with E-state index in [0.29, 0.717) is 0 Å². The van der Waals surface area contributed by atoms with E-state index in [-0.39, 0.29) is 0 Å². The lowest BCUT2D eigenvalue weighted by molar-refractivity contribution is 0.218. The molecule has 0 aliphatic heterocycles. The van der Waals surface area contributed by atoms with Crippen LogP contribution < -0.4 is 0 Å². The minimum atomic E-state index is -0.582. The van der Waals surface area contributed by atoms with E-state index in [9.17, 15) is 5.11 Å². The van der Waals surface area contributed by atoms with Gasteiger partial charge in [-0.2, -0.15) is 0 Å². The van der Waals surface area contributed by atoms with E-state index in [1.165, 1.54) is 5.56 Å². The van der Waals surface area contributed by atoms with Gasteiger partial charge in [0, 0.05) is 4.47 Å². The molecule has 2 heteroatoms. The largest absolute Gasteiger partial charge is 0.384 e. The second-order valence-electron chi connectivity index (χ2n) is 4.74. The van der Waals surface area contributed by atoms with Crippen LogP contribution in [0.5, 0.6) is 0 Å². The predicted octanol–water partition coefficient (Wildman–Crippen LogP) is 4.46. The Morgan fingerprint density at radius 3 is 2.11 bits per heavy atom. The standard InChI is InChI=1S/C16H17BrO/c1-10-8-11(2)15(12(3)9-10)16(18)13-6-4-5-7-14(13)17/h4-9,16,18H,1-3H3. The Hall–Kier alpha value is -1.12. The molecular weight excluding hydrogens is 288 g/mol. The molecule has 0 bridgehead atoms. The minimum absolute atomic E-state index is 0.582. The zero-order chi connectivity index (χ0) is 13.3. The fraction of sp³-hybridized carbons (Fsp3) is 0.250. The molecule has 18 heavy (non-hydrogen) atoms. The Balaban J connectivity index is 2.53. The number of aliphatic hydroxyl groups is 1. The molecule has 0 saturated heterocycles. The Morgan fingerprint density at radius 1 is 1.00 bits per heavy atom. The number of aryl methyl sites for hydroxylation is 3. The number of benzene rings is 2. The highest BCUT2D eigenvalue weighted by Crippen LogP contribution is 2.32. The molecule has 0 amide bonds. The van der Waals surface area contributed by atoms with Gasteiger partial charge in [-0.05, 0) is 49.1 Å². The summed E-state index contributed by atoms with van der Waals surface area (Å²) in [7, 11) is 0. The summed E-state index contributed by atoms with van der Waals surface area (Å²) in [6.07, 6.45) is -0.582. The van der Waals surface area contributed by atoms with E-state index in [1.807, 2.05) is 24.3 Å². The second kappa shape index (κ2) is 5.25. The summed E-state index contributed by atoms with van der Waals surface area (Å²) >= 11 is 3.50. The molecule has 0 fully saturated rings. The first-order valence-electron chi connectivity index (χ1n) is 6.01. The second-order valence-corrected chi connectivity index (χ2v) is 5.59. The molecule has 0 heterocycles. The number of halogens is 1. The third-order valence-electron chi connectivity index (χ3n) is 3.21. The molecule has 0 aliphatic carbocycles. The van der Waals surface area contributed by atoms with Gasteiger partial charge in [-0.1, -0.05) is 51.8 Å². The summed E-state index contributed by atoms with van der Waals surface area (Å²) < 4.78 is 0.942. The Morgan fingerprint density at radius 2 is 1.56 bits per heavy atom. The lowest BCUT2D eigenvalue weighted by atomic mass is 9.92. The van der Waals surface area contributed by atoms with E-state index in [2.05, 4.69) is 48.8 Å². The normalized spacial score (nSPS) is 12.5. The molecule has 0 spiro atoms. The average Bonchev–Trinajstić information content (AvgIpc) is 2.27. The van der Waals surface area contributed by atoms with Crippen LogP contribution in [0.25, 0.3) is 0 Å². The number of aliphatic hydroxyl groups excluding tert-OH is 1. The van der Waals surface area contributed by atoms with Gasteiger partial charge in [0.2, 0.25) is 0 Å². The van der Waals surface area contributed by atoms with Crippen LogP contribution in [0.4, 0.5) is 0 Å². The molecule has 0 saturated carbocycles. The molecule has 1 N–H and O–H groups in total. The Kier molecular flexibility index (Phi) is 3.88. The van der Waals surface area contributed by atoms with Gasteiger partial charge >= 0.3 is 0 Å². The summed E-state index contributed by atoms with van der Waals surface area (Å²) in [5, 5.41) is 10.6. The van der Waals surface area contributed by atoms with Crippen LogP contribution in [0, 0.1) is 20.8 Å².